The molecule has 180 valence electrons. The molecule has 3 aromatic rings. The summed E-state index contributed by atoms with van der Waals surface area (Å²) in [6.07, 6.45) is 0.317. The minimum atomic E-state index is -0.559. The molecule has 0 saturated heterocycles. The highest BCUT2D eigenvalue weighted by Crippen LogP contribution is 2.37. The van der Waals surface area contributed by atoms with Crippen LogP contribution >= 0.6 is 22.9 Å². The van der Waals surface area contributed by atoms with E-state index in [1.54, 1.807) is 31.4 Å². The third kappa shape index (κ3) is 5.96. The van der Waals surface area contributed by atoms with Crippen molar-refractivity contribution in [2.45, 2.75) is 6.42 Å². The average Bonchev–Trinajstić information content (AvgIpc) is 3.16. The van der Waals surface area contributed by atoms with E-state index in [-0.39, 0.29) is 16.3 Å². The number of nitrogens with one attached hydrogen (secondary N) is 3. The van der Waals surface area contributed by atoms with E-state index >= 15 is 0 Å². The quantitative estimate of drug-likeness (QED) is 0.405. The zero-order valence-electron chi connectivity index (χ0n) is 19.2. The van der Waals surface area contributed by atoms with Crippen molar-refractivity contribution in [1.29, 1.82) is 0 Å². The molecule has 0 spiro atoms. The number of rotatable bonds is 8. The van der Waals surface area contributed by atoms with Gasteiger partial charge in [-0.05, 0) is 50.5 Å². The molecule has 3 amide bonds. The Morgan fingerprint density at radius 1 is 1.00 bits per heavy atom. The molecule has 0 aliphatic rings. The maximum absolute atomic E-state index is 12.6. The van der Waals surface area contributed by atoms with E-state index in [1.807, 2.05) is 19.0 Å². The fourth-order valence-electron chi connectivity index (χ4n) is 3.03. The van der Waals surface area contributed by atoms with Crippen LogP contribution in [-0.4, -0.2) is 57.5 Å². The lowest BCUT2D eigenvalue weighted by Crippen LogP contribution is -2.41. The van der Waals surface area contributed by atoms with E-state index < -0.39 is 11.8 Å². The maximum atomic E-state index is 12.6. The second kappa shape index (κ2) is 11.2. The number of methoxy groups -OCH3 is 2. The molecule has 1 aromatic heterocycles. The molecule has 0 bridgehead atoms. The first-order valence-electron chi connectivity index (χ1n) is 10.2. The van der Waals surface area contributed by atoms with Crippen molar-refractivity contribution in [2.75, 3.05) is 40.2 Å². The van der Waals surface area contributed by atoms with Crippen molar-refractivity contribution in [1.82, 2.24) is 15.8 Å². The summed E-state index contributed by atoms with van der Waals surface area (Å²) in [7, 11) is 6.75. The van der Waals surface area contributed by atoms with Crippen LogP contribution in [0.3, 0.4) is 0 Å². The first-order valence-corrected chi connectivity index (χ1v) is 11.4. The highest BCUT2D eigenvalue weighted by Gasteiger charge is 2.19. The Balaban J connectivity index is 1.66. The van der Waals surface area contributed by atoms with E-state index in [0.29, 0.717) is 35.2 Å². The molecule has 0 aliphatic heterocycles. The Labute approximate surface area is 205 Å². The summed E-state index contributed by atoms with van der Waals surface area (Å²) < 4.78 is 11.3. The maximum Gasteiger partial charge on any atom is 0.281 e. The molecule has 1 heterocycles. The van der Waals surface area contributed by atoms with Crippen molar-refractivity contribution < 1.29 is 23.9 Å². The van der Waals surface area contributed by atoms with E-state index in [1.165, 1.54) is 30.6 Å². The topological polar surface area (TPSA) is 109 Å². The van der Waals surface area contributed by atoms with Gasteiger partial charge in [0.2, 0.25) is 5.91 Å². The van der Waals surface area contributed by atoms with Gasteiger partial charge in [-0.3, -0.25) is 25.2 Å². The lowest BCUT2D eigenvalue weighted by Gasteiger charge is -2.13. The van der Waals surface area contributed by atoms with Gasteiger partial charge in [-0.15, -0.1) is 11.3 Å². The Hall–Kier alpha value is -3.34. The third-order valence-corrected chi connectivity index (χ3v) is 6.51. The summed E-state index contributed by atoms with van der Waals surface area (Å²) in [5, 5.41) is 3.78. The highest BCUT2D eigenvalue weighted by molar-refractivity contribution is 7.21. The summed E-state index contributed by atoms with van der Waals surface area (Å²) in [5.41, 5.74) is 5.43. The standard InChI is InChI=1S/C23H25ClN4O5S/c1-28(2)10-9-19(29)25-16-8-5-13(11-17(16)33-4)22(30)26-27-23(31)21-20(24)15-7-6-14(32-3)12-18(15)34-21/h5-8,11-12H,9-10H2,1-4H3,(H,25,29)(H,26,30)(H,27,31). The Bertz CT molecular complexity index is 1230. The number of hydrazine groups is 1. The van der Waals surface area contributed by atoms with Gasteiger partial charge in [0, 0.05) is 28.6 Å². The molecule has 0 saturated carbocycles. The monoisotopic (exact) mass is 504 g/mol. The first kappa shape index (κ1) is 25.3. The summed E-state index contributed by atoms with van der Waals surface area (Å²) >= 11 is 7.55. The van der Waals surface area contributed by atoms with E-state index in [9.17, 15) is 14.4 Å². The van der Waals surface area contributed by atoms with Crippen molar-refractivity contribution in [2.24, 2.45) is 0 Å². The van der Waals surface area contributed by atoms with Crippen LogP contribution in [0.25, 0.3) is 10.1 Å². The van der Waals surface area contributed by atoms with Gasteiger partial charge in [-0.25, -0.2) is 0 Å². The molecule has 9 nitrogen and oxygen atoms in total. The molecule has 0 aliphatic carbocycles. The molecular weight excluding hydrogens is 480 g/mol. The summed E-state index contributed by atoms with van der Waals surface area (Å²) in [6, 6.07) is 9.88. The Morgan fingerprint density at radius 3 is 2.41 bits per heavy atom. The normalized spacial score (nSPS) is 10.8. The molecule has 0 radical (unpaired) electrons. The van der Waals surface area contributed by atoms with Crippen molar-refractivity contribution in [3.05, 3.63) is 51.9 Å². The lowest BCUT2D eigenvalue weighted by atomic mass is 10.1. The fourth-order valence-corrected chi connectivity index (χ4v) is 4.48. The van der Waals surface area contributed by atoms with Crippen molar-refractivity contribution >= 4 is 56.4 Å². The zero-order valence-corrected chi connectivity index (χ0v) is 20.7. The SMILES string of the molecule is COc1ccc2c(Cl)c(C(=O)NNC(=O)c3ccc(NC(=O)CCN(C)C)c(OC)c3)sc2c1. The van der Waals surface area contributed by atoms with Crippen LogP contribution in [0.4, 0.5) is 5.69 Å². The van der Waals surface area contributed by atoms with Gasteiger partial charge in [-0.2, -0.15) is 0 Å². The third-order valence-electron chi connectivity index (χ3n) is 4.86. The van der Waals surface area contributed by atoms with Crippen molar-refractivity contribution in [3.8, 4) is 11.5 Å². The summed E-state index contributed by atoms with van der Waals surface area (Å²) in [6.45, 7) is 0.603. The predicted octanol–water partition coefficient (Wildman–Crippen LogP) is 3.54. The Kier molecular flexibility index (Phi) is 8.32. The van der Waals surface area contributed by atoms with E-state index in [4.69, 9.17) is 21.1 Å². The predicted molar refractivity (Wildman–Crippen MR) is 133 cm³/mol. The van der Waals surface area contributed by atoms with Gasteiger partial charge < -0.3 is 19.7 Å². The molecule has 2 aromatic carbocycles. The van der Waals surface area contributed by atoms with Crippen LogP contribution in [0.5, 0.6) is 11.5 Å². The number of halogens is 1. The van der Waals surface area contributed by atoms with Crippen molar-refractivity contribution in [3.63, 3.8) is 0 Å². The number of ether oxygens (including phenoxy) is 2. The largest absolute Gasteiger partial charge is 0.497 e. The first-order chi connectivity index (χ1) is 16.2. The molecule has 34 heavy (non-hydrogen) atoms. The van der Waals surface area contributed by atoms with Crippen LogP contribution in [0.2, 0.25) is 5.02 Å². The zero-order chi connectivity index (χ0) is 24.8. The molecular formula is C23H25ClN4O5S. The summed E-state index contributed by atoms with van der Waals surface area (Å²) in [4.78, 5) is 39.5. The van der Waals surface area contributed by atoms with E-state index in [0.717, 1.165) is 10.1 Å². The molecule has 3 rings (SSSR count). The number of benzene rings is 2. The minimum absolute atomic E-state index is 0.172. The molecule has 0 fully saturated rings. The second-order valence-electron chi connectivity index (χ2n) is 7.53. The van der Waals surface area contributed by atoms with Crippen LogP contribution in [0.15, 0.2) is 36.4 Å². The number of anilines is 1. The highest BCUT2D eigenvalue weighted by atomic mass is 35.5. The number of thiophene rings is 1. The number of nitrogens with zero attached hydrogens (tertiary/aromatic N) is 1. The van der Waals surface area contributed by atoms with Gasteiger partial charge in [0.05, 0.1) is 24.9 Å². The Morgan fingerprint density at radius 2 is 1.74 bits per heavy atom. The van der Waals surface area contributed by atoms with Crippen LogP contribution in [-0.2, 0) is 4.79 Å². The molecule has 0 atom stereocenters. The summed E-state index contributed by atoms with van der Waals surface area (Å²) in [5.74, 6) is -0.309. The fraction of sp³-hybridized carbons (Fsp3) is 0.261. The number of hydrogen-bond donors (Lipinski definition) is 3. The van der Waals surface area contributed by atoms with E-state index in [2.05, 4.69) is 16.2 Å². The van der Waals surface area contributed by atoms with Gasteiger partial charge >= 0.3 is 0 Å². The second-order valence-corrected chi connectivity index (χ2v) is 8.96. The van der Waals surface area contributed by atoms with Crippen LogP contribution < -0.4 is 25.6 Å². The smallest absolute Gasteiger partial charge is 0.281 e. The number of hydrogen-bond acceptors (Lipinski definition) is 7. The lowest BCUT2D eigenvalue weighted by molar-refractivity contribution is -0.116. The molecule has 0 unspecified atom stereocenters. The van der Waals surface area contributed by atoms with Gasteiger partial charge in [0.1, 0.15) is 16.4 Å². The van der Waals surface area contributed by atoms with Gasteiger partial charge in [0.25, 0.3) is 11.8 Å². The van der Waals surface area contributed by atoms with Gasteiger partial charge in [-0.1, -0.05) is 11.6 Å². The number of carbonyl (C=O) groups is 3. The average molecular weight is 505 g/mol. The van der Waals surface area contributed by atoms with Gasteiger partial charge in [0.15, 0.2) is 0 Å². The molecule has 3 N–H and O–H groups in total. The number of carbonyl (C=O) groups excluding carboxylic acids is 3. The van der Waals surface area contributed by atoms with Crippen LogP contribution in [0.1, 0.15) is 26.5 Å². The van der Waals surface area contributed by atoms with Crippen LogP contribution in [0, 0.1) is 0 Å². The number of amides is 3. The molecule has 11 heteroatoms. The number of fused-ring (bicyclic) bond motifs is 1. The minimum Gasteiger partial charge on any atom is -0.497 e.